The molecule has 0 radical (unpaired) electrons. The number of likely N-dealkylation sites (N-methyl/N-ethyl adjacent to an activating group) is 1. The molecule has 0 N–H and O–H groups in total. The fraction of sp³-hybridized carbons (Fsp3) is 0.556. The van der Waals surface area contributed by atoms with Crippen LogP contribution in [0.1, 0.15) is 17.0 Å². The molecule has 0 aromatic carbocycles. The van der Waals surface area contributed by atoms with Crippen LogP contribution in [0.3, 0.4) is 0 Å². The maximum atomic E-state index is 4.28. The summed E-state index contributed by atoms with van der Waals surface area (Å²) in [7, 11) is 2.13. The van der Waals surface area contributed by atoms with Crippen LogP contribution in [-0.2, 0) is 13.0 Å². The molecule has 3 nitrogen and oxygen atoms in total. The zero-order chi connectivity index (χ0) is 8.55. The highest BCUT2D eigenvalue weighted by atomic mass is 15.1. The Hall–Kier alpha value is -0.960. The summed E-state index contributed by atoms with van der Waals surface area (Å²) in [6.07, 6.45) is 2.76. The second kappa shape index (κ2) is 2.83. The number of aromatic nitrogens is 2. The highest BCUT2D eigenvalue weighted by Crippen LogP contribution is 2.16. The Labute approximate surface area is 72.4 Å². The van der Waals surface area contributed by atoms with E-state index < -0.39 is 0 Å². The van der Waals surface area contributed by atoms with Crippen LogP contribution in [0.4, 0.5) is 0 Å². The third-order valence-electron chi connectivity index (χ3n) is 2.41. The smallest absolute Gasteiger partial charge is 0.115 e. The van der Waals surface area contributed by atoms with Crippen LogP contribution in [0.5, 0.6) is 0 Å². The van der Waals surface area contributed by atoms with Gasteiger partial charge in [-0.05, 0) is 26.0 Å². The van der Waals surface area contributed by atoms with Gasteiger partial charge in [-0.15, -0.1) is 0 Å². The van der Waals surface area contributed by atoms with Crippen molar-refractivity contribution >= 4 is 0 Å². The first-order chi connectivity index (χ1) is 5.77. The second-order valence-electron chi connectivity index (χ2n) is 3.37. The van der Waals surface area contributed by atoms with Gasteiger partial charge in [0.2, 0.25) is 0 Å². The summed E-state index contributed by atoms with van der Waals surface area (Å²) >= 11 is 0. The molecule has 2 heterocycles. The molecule has 0 saturated carbocycles. The maximum absolute atomic E-state index is 4.28. The number of hydrogen-bond donors (Lipinski definition) is 0. The number of rotatable bonds is 0. The van der Waals surface area contributed by atoms with E-state index in [0.717, 1.165) is 25.2 Å². The number of nitrogens with zero attached hydrogens (tertiary/aromatic N) is 3. The van der Waals surface area contributed by atoms with E-state index in [2.05, 4.69) is 28.8 Å². The van der Waals surface area contributed by atoms with Crippen LogP contribution >= 0.6 is 0 Å². The Morgan fingerprint density at radius 3 is 3.08 bits per heavy atom. The predicted molar refractivity (Wildman–Crippen MR) is 46.8 cm³/mol. The molecule has 0 bridgehead atoms. The van der Waals surface area contributed by atoms with E-state index in [0.29, 0.717) is 0 Å². The topological polar surface area (TPSA) is 29.0 Å². The van der Waals surface area contributed by atoms with Crippen molar-refractivity contribution in [2.45, 2.75) is 19.9 Å². The first kappa shape index (κ1) is 7.68. The van der Waals surface area contributed by atoms with Gasteiger partial charge in [-0.2, -0.15) is 0 Å². The predicted octanol–water partition coefficient (Wildman–Crippen LogP) is 0.773. The van der Waals surface area contributed by atoms with E-state index in [1.165, 1.54) is 11.3 Å². The molecule has 1 aromatic heterocycles. The van der Waals surface area contributed by atoms with Crippen molar-refractivity contribution in [1.29, 1.82) is 0 Å². The standard InChI is InChI=1S/C9H13N3/c1-7-8-3-4-12(2)5-9(8)11-6-10-7/h6H,3-5H2,1-2H3. The van der Waals surface area contributed by atoms with Crippen molar-refractivity contribution in [3.05, 3.63) is 23.3 Å². The fourth-order valence-electron chi connectivity index (χ4n) is 1.65. The minimum Gasteiger partial charge on any atom is -0.300 e. The third kappa shape index (κ3) is 1.20. The summed E-state index contributed by atoms with van der Waals surface area (Å²) in [5, 5.41) is 0. The molecule has 64 valence electrons. The van der Waals surface area contributed by atoms with Gasteiger partial charge in [0.15, 0.2) is 0 Å². The average molecular weight is 163 g/mol. The van der Waals surface area contributed by atoms with E-state index in [-0.39, 0.29) is 0 Å². The van der Waals surface area contributed by atoms with Crippen molar-refractivity contribution in [2.24, 2.45) is 0 Å². The Balaban J connectivity index is 2.42. The molecule has 12 heavy (non-hydrogen) atoms. The molecule has 0 amide bonds. The molecule has 3 heteroatoms. The average Bonchev–Trinajstić information content (AvgIpc) is 2.04. The van der Waals surface area contributed by atoms with Crippen LogP contribution in [0.2, 0.25) is 0 Å². The minimum atomic E-state index is 0.971. The van der Waals surface area contributed by atoms with Crippen molar-refractivity contribution in [3.63, 3.8) is 0 Å². The van der Waals surface area contributed by atoms with Crippen molar-refractivity contribution in [1.82, 2.24) is 14.9 Å². The quantitative estimate of drug-likeness (QED) is 0.565. The zero-order valence-electron chi connectivity index (χ0n) is 7.54. The maximum Gasteiger partial charge on any atom is 0.115 e. The van der Waals surface area contributed by atoms with E-state index in [4.69, 9.17) is 0 Å². The Morgan fingerprint density at radius 1 is 1.42 bits per heavy atom. The SMILES string of the molecule is Cc1ncnc2c1CCN(C)C2. The Kier molecular flexibility index (Phi) is 1.81. The highest BCUT2D eigenvalue weighted by molar-refractivity contribution is 5.25. The van der Waals surface area contributed by atoms with Crippen molar-refractivity contribution in [3.8, 4) is 0 Å². The molecule has 0 spiro atoms. The second-order valence-corrected chi connectivity index (χ2v) is 3.37. The molecule has 0 aliphatic carbocycles. The van der Waals surface area contributed by atoms with Crippen LogP contribution in [0.25, 0.3) is 0 Å². The molecule has 2 rings (SSSR count). The van der Waals surface area contributed by atoms with Gasteiger partial charge >= 0.3 is 0 Å². The molecule has 0 saturated heterocycles. The fourth-order valence-corrected chi connectivity index (χ4v) is 1.65. The summed E-state index contributed by atoms with van der Waals surface area (Å²) in [6, 6.07) is 0. The minimum absolute atomic E-state index is 0.971. The zero-order valence-corrected chi connectivity index (χ0v) is 7.54. The van der Waals surface area contributed by atoms with Crippen molar-refractivity contribution < 1.29 is 0 Å². The first-order valence-electron chi connectivity index (χ1n) is 4.25. The van der Waals surface area contributed by atoms with Gasteiger partial charge in [0.1, 0.15) is 6.33 Å². The van der Waals surface area contributed by atoms with Crippen LogP contribution in [-0.4, -0.2) is 28.5 Å². The summed E-state index contributed by atoms with van der Waals surface area (Å²) < 4.78 is 0. The van der Waals surface area contributed by atoms with E-state index >= 15 is 0 Å². The summed E-state index contributed by atoms with van der Waals surface area (Å²) in [6.45, 7) is 4.16. The van der Waals surface area contributed by atoms with Crippen LogP contribution in [0, 0.1) is 6.92 Å². The molecule has 1 aromatic rings. The van der Waals surface area contributed by atoms with Crippen molar-refractivity contribution in [2.75, 3.05) is 13.6 Å². The monoisotopic (exact) mass is 163 g/mol. The highest BCUT2D eigenvalue weighted by Gasteiger charge is 2.15. The van der Waals surface area contributed by atoms with E-state index in [1.54, 1.807) is 6.33 Å². The normalized spacial score (nSPS) is 17.5. The number of aryl methyl sites for hydroxylation is 1. The Bertz CT molecular complexity index is 296. The van der Waals surface area contributed by atoms with Gasteiger partial charge in [-0.1, -0.05) is 0 Å². The molecular formula is C9H13N3. The van der Waals surface area contributed by atoms with Gasteiger partial charge in [0, 0.05) is 18.8 Å². The van der Waals surface area contributed by atoms with Gasteiger partial charge in [-0.3, -0.25) is 0 Å². The molecule has 1 aliphatic rings. The summed E-state index contributed by atoms with van der Waals surface area (Å²) in [5.74, 6) is 0. The van der Waals surface area contributed by atoms with Gasteiger partial charge in [0.25, 0.3) is 0 Å². The Morgan fingerprint density at radius 2 is 2.25 bits per heavy atom. The summed E-state index contributed by atoms with van der Waals surface area (Å²) in [4.78, 5) is 10.8. The van der Waals surface area contributed by atoms with Crippen LogP contribution in [0.15, 0.2) is 6.33 Å². The molecule has 0 atom stereocenters. The number of fused-ring (bicyclic) bond motifs is 1. The lowest BCUT2D eigenvalue weighted by molar-refractivity contribution is 0.306. The number of hydrogen-bond acceptors (Lipinski definition) is 3. The van der Waals surface area contributed by atoms with E-state index in [1.807, 2.05) is 0 Å². The van der Waals surface area contributed by atoms with Gasteiger partial charge < -0.3 is 4.90 Å². The summed E-state index contributed by atoms with van der Waals surface area (Å²) in [5.41, 5.74) is 3.71. The first-order valence-corrected chi connectivity index (χ1v) is 4.25. The molecular weight excluding hydrogens is 150 g/mol. The lowest BCUT2D eigenvalue weighted by Gasteiger charge is -2.24. The lowest BCUT2D eigenvalue weighted by atomic mass is 10.0. The molecule has 0 unspecified atom stereocenters. The lowest BCUT2D eigenvalue weighted by Crippen LogP contribution is -2.28. The third-order valence-corrected chi connectivity index (χ3v) is 2.41. The van der Waals surface area contributed by atoms with E-state index in [9.17, 15) is 0 Å². The molecule has 1 aliphatic heterocycles. The molecule has 0 fully saturated rings. The van der Waals surface area contributed by atoms with Gasteiger partial charge in [0.05, 0.1) is 5.69 Å². The van der Waals surface area contributed by atoms with Gasteiger partial charge in [-0.25, -0.2) is 9.97 Å². The van der Waals surface area contributed by atoms with Crippen LogP contribution < -0.4 is 0 Å². The largest absolute Gasteiger partial charge is 0.300 e.